The smallest absolute Gasteiger partial charge is 0.231 e. The molecule has 1 aliphatic carbocycles. The number of benzene rings is 1. The zero-order valence-electron chi connectivity index (χ0n) is 12.5. The van der Waals surface area contributed by atoms with Crippen molar-refractivity contribution < 1.29 is 24.5 Å². The fourth-order valence-electron chi connectivity index (χ4n) is 2.90. The van der Waals surface area contributed by atoms with Crippen molar-refractivity contribution in [3.05, 3.63) is 29.8 Å². The number of amides is 1. The molecule has 6 nitrogen and oxygen atoms in total. The quantitative estimate of drug-likeness (QED) is 0.727. The van der Waals surface area contributed by atoms with E-state index in [1.165, 1.54) is 0 Å². The molecule has 120 valence electrons. The molecule has 0 radical (unpaired) electrons. The molecule has 1 aromatic rings. The zero-order chi connectivity index (χ0) is 15.7. The van der Waals surface area contributed by atoms with E-state index in [9.17, 15) is 15.0 Å². The summed E-state index contributed by atoms with van der Waals surface area (Å²) in [6, 6.07) is 6.89. The van der Waals surface area contributed by atoms with Gasteiger partial charge in [-0.25, -0.2) is 0 Å². The fourth-order valence-corrected chi connectivity index (χ4v) is 2.90. The van der Waals surface area contributed by atoms with E-state index in [0.717, 1.165) is 24.2 Å². The maximum Gasteiger partial charge on any atom is 0.231 e. The van der Waals surface area contributed by atoms with E-state index >= 15 is 0 Å². The molecule has 22 heavy (non-hydrogen) atoms. The highest BCUT2D eigenvalue weighted by molar-refractivity contribution is 5.91. The van der Waals surface area contributed by atoms with Gasteiger partial charge >= 0.3 is 0 Å². The van der Waals surface area contributed by atoms with Gasteiger partial charge in [-0.15, -0.1) is 0 Å². The van der Waals surface area contributed by atoms with Gasteiger partial charge in [0.25, 0.3) is 0 Å². The van der Waals surface area contributed by atoms with Gasteiger partial charge in [0, 0.05) is 0 Å². The first kappa shape index (κ1) is 15.3. The van der Waals surface area contributed by atoms with E-state index in [2.05, 4.69) is 5.32 Å². The molecule has 1 amide bonds. The molecule has 6 heteroatoms. The molecule has 0 aromatic heterocycles. The van der Waals surface area contributed by atoms with Crippen molar-refractivity contribution in [2.75, 3.05) is 20.3 Å². The highest BCUT2D eigenvalue weighted by Gasteiger charge is 2.52. The van der Waals surface area contributed by atoms with Crippen LogP contribution < -0.4 is 10.1 Å². The molecular weight excluding hydrogens is 286 g/mol. The Morgan fingerprint density at radius 2 is 1.95 bits per heavy atom. The number of hydrogen-bond acceptors (Lipinski definition) is 5. The third kappa shape index (κ3) is 2.69. The van der Waals surface area contributed by atoms with Crippen molar-refractivity contribution in [3.63, 3.8) is 0 Å². The maximum absolute atomic E-state index is 12.6. The fraction of sp³-hybridized carbons (Fsp3) is 0.562. The zero-order valence-corrected chi connectivity index (χ0v) is 12.5. The molecule has 0 spiro atoms. The maximum atomic E-state index is 12.6. The first-order valence-corrected chi connectivity index (χ1v) is 7.46. The Morgan fingerprint density at radius 3 is 2.55 bits per heavy atom. The molecule has 2 fully saturated rings. The standard InChI is InChI=1S/C16H21NO5/c1-21-11-4-2-10(3-5-11)16(6-7-16)15(20)17-12-8-22-9-13(18)14(12)19/h2-5,12-14,18-19H,6-9H2,1H3,(H,17,20)/t12-,13-,14+/m1/s1. The van der Waals surface area contributed by atoms with Gasteiger partial charge in [0.2, 0.25) is 5.91 Å². The van der Waals surface area contributed by atoms with Crippen molar-refractivity contribution in [1.82, 2.24) is 5.32 Å². The molecule has 0 unspecified atom stereocenters. The van der Waals surface area contributed by atoms with Crippen molar-refractivity contribution in [1.29, 1.82) is 0 Å². The molecule has 3 N–H and O–H groups in total. The number of ether oxygens (including phenoxy) is 2. The second-order valence-electron chi connectivity index (χ2n) is 5.99. The summed E-state index contributed by atoms with van der Waals surface area (Å²) in [5, 5.41) is 22.4. The number of methoxy groups -OCH3 is 1. The van der Waals surface area contributed by atoms with Crippen LogP contribution in [0.4, 0.5) is 0 Å². The Balaban J connectivity index is 1.70. The average Bonchev–Trinajstić information content (AvgIpc) is 3.34. The molecule has 1 aromatic carbocycles. The van der Waals surface area contributed by atoms with Crippen LogP contribution in [-0.2, 0) is 14.9 Å². The SMILES string of the molecule is COc1ccc(C2(C(=O)N[C@@H]3COC[C@@H](O)[C@H]3O)CC2)cc1. The molecule has 3 atom stereocenters. The molecule has 1 aliphatic heterocycles. The number of aliphatic hydroxyl groups is 2. The lowest BCUT2D eigenvalue weighted by molar-refractivity contribution is -0.133. The highest BCUT2D eigenvalue weighted by Crippen LogP contribution is 2.48. The van der Waals surface area contributed by atoms with E-state index in [1.807, 2.05) is 24.3 Å². The minimum atomic E-state index is -0.996. The lowest BCUT2D eigenvalue weighted by Gasteiger charge is -2.33. The lowest BCUT2D eigenvalue weighted by atomic mass is 9.93. The van der Waals surface area contributed by atoms with E-state index in [4.69, 9.17) is 9.47 Å². The summed E-state index contributed by atoms with van der Waals surface area (Å²) in [7, 11) is 1.60. The van der Waals surface area contributed by atoms with Gasteiger partial charge in [0.05, 0.1) is 31.8 Å². The van der Waals surface area contributed by atoms with Crippen LogP contribution in [-0.4, -0.2) is 54.7 Å². The number of rotatable bonds is 4. The summed E-state index contributed by atoms with van der Waals surface area (Å²) in [5.41, 5.74) is 0.409. The third-order valence-electron chi connectivity index (χ3n) is 4.54. The highest BCUT2D eigenvalue weighted by atomic mass is 16.5. The predicted octanol–water partition coefficient (Wildman–Crippen LogP) is -0.0364. The first-order valence-electron chi connectivity index (χ1n) is 7.46. The van der Waals surface area contributed by atoms with Crippen molar-refractivity contribution in [2.45, 2.75) is 36.5 Å². The Kier molecular flexibility index (Phi) is 4.08. The predicted molar refractivity (Wildman–Crippen MR) is 78.7 cm³/mol. The minimum absolute atomic E-state index is 0.0944. The van der Waals surface area contributed by atoms with Crippen LogP contribution in [0.1, 0.15) is 18.4 Å². The van der Waals surface area contributed by atoms with Gasteiger partial charge < -0.3 is 25.0 Å². The van der Waals surface area contributed by atoms with Gasteiger partial charge in [0.1, 0.15) is 18.0 Å². The van der Waals surface area contributed by atoms with Crippen LogP contribution in [0.2, 0.25) is 0 Å². The average molecular weight is 307 g/mol. The van der Waals surface area contributed by atoms with E-state index < -0.39 is 23.7 Å². The van der Waals surface area contributed by atoms with Crippen LogP contribution in [0.3, 0.4) is 0 Å². The van der Waals surface area contributed by atoms with Crippen LogP contribution in [0, 0.1) is 0 Å². The van der Waals surface area contributed by atoms with Crippen molar-refractivity contribution in [3.8, 4) is 5.75 Å². The van der Waals surface area contributed by atoms with Gasteiger partial charge in [0.15, 0.2) is 0 Å². The van der Waals surface area contributed by atoms with Gasteiger partial charge in [-0.1, -0.05) is 12.1 Å². The molecule has 3 rings (SSSR count). The van der Waals surface area contributed by atoms with Crippen LogP contribution in [0.25, 0.3) is 0 Å². The minimum Gasteiger partial charge on any atom is -0.497 e. The first-order chi connectivity index (χ1) is 10.6. The van der Waals surface area contributed by atoms with Crippen LogP contribution in [0.15, 0.2) is 24.3 Å². The van der Waals surface area contributed by atoms with E-state index in [-0.39, 0.29) is 19.1 Å². The molecular formula is C16H21NO5. The van der Waals surface area contributed by atoms with Crippen LogP contribution >= 0.6 is 0 Å². The molecule has 2 aliphatic rings. The molecule has 1 saturated heterocycles. The molecule has 0 bridgehead atoms. The largest absolute Gasteiger partial charge is 0.497 e. The number of hydrogen-bond donors (Lipinski definition) is 3. The second kappa shape index (κ2) is 5.87. The number of aliphatic hydroxyl groups excluding tert-OH is 2. The number of nitrogens with one attached hydrogen (secondary N) is 1. The Labute approximate surface area is 129 Å². The van der Waals surface area contributed by atoms with Gasteiger partial charge in [-0.05, 0) is 30.5 Å². The normalized spacial score (nSPS) is 29.7. The van der Waals surface area contributed by atoms with Crippen molar-refractivity contribution >= 4 is 5.91 Å². The van der Waals surface area contributed by atoms with Crippen molar-refractivity contribution in [2.24, 2.45) is 0 Å². The topological polar surface area (TPSA) is 88.0 Å². The monoisotopic (exact) mass is 307 g/mol. The molecule has 1 heterocycles. The summed E-state index contributed by atoms with van der Waals surface area (Å²) < 4.78 is 10.3. The van der Waals surface area contributed by atoms with E-state index in [1.54, 1.807) is 7.11 Å². The lowest BCUT2D eigenvalue weighted by Crippen LogP contribution is -2.57. The summed E-state index contributed by atoms with van der Waals surface area (Å²) in [5.74, 6) is 0.624. The Hall–Kier alpha value is -1.63. The Morgan fingerprint density at radius 1 is 1.27 bits per heavy atom. The number of carbonyl (C=O) groups excluding carboxylic acids is 1. The summed E-state index contributed by atoms with van der Waals surface area (Å²) >= 11 is 0. The summed E-state index contributed by atoms with van der Waals surface area (Å²) in [6.45, 7) is 0.305. The Bertz CT molecular complexity index is 540. The van der Waals surface area contributed by atoms with Gasteiger partial charge in [-0.3, -0.25) is 4.79 Å². The van der Waals surface area contributed by atoms with Crippen LogP contribution in [0.5, 0.6) is 5.75 Å². The third-order valence-corrected chi connectivity index (χ3v) is 4.54. The second-order valence-corrected chi connectivity index (χ2v) is 5.99. The number of carbonyl (C=O) groups is 1. The van der Waals surface area contributed by atoms with Gasteiger partial charge in [-0.2, -0.15) is 0 Å². The summed E-state index contributed by atoms with van der Waals surface area (Å²) in [6.07, 6.45) is -0.408. The van der Waals surface area contributed by atoms with E-state index in [0.29, 0.717) is 0 Å². The summed E-state index contributed by atoms with van der Waals surface area (Å²) in [4.78, 5) is 12.6. The molecule has 1 saturated carbocycles.